The molecule has 5 atom stereocenters. The number of hydrogen-bond acceptors (Lipinski definition) is 15. The van der Waals surface area contributed by atoms with E-state index < -0.39 is 97.5 Å². The highest BCUT2D eigenvalue weighted by molar-refractivity contribution is 7.47. The molecule has 0 saturated heterocycles. The van der Waals surface area contributed by atoms with Crippen LogP contribution in [0.2, 0.25) is 0 Å². The minimum absolute atomic E-state index is 0.0616. The van der Waals surface area contributed by atoms with Crippen LogP contribution >= 0.6 is 15.6 Å². The topological polar surface area (TPSA) is 237 Å². The summed E-state index contributed by atoms with van der Waals surface area (Å²) in [7, 11) is -9.99. The number of carbonyl (C=O) groups excluding carboxylic acids is 4. The zero-order valence-corrected chi connectivity index (χ0v) is 65.3. The molecule has 0 radical (unpaired) electrons. The highest BCUT2D eigenvalue weighted by atomic mass is 31.2. The number of rotatable bonds is 72. The highest BCUT2D eigenvalue weighted by Gasteiger charge is 2.30. The van der Waals surface area contributed by atoms with Crippen LogP contribution in [0.1, 0.15) is 297 Å². The van der Waals surface area contributed by atoms with Gasteiger partial charge in [-0.15, -0.1) is 0 Å². The predicted octanol–water partition coefficient (Wildman–Crippen LogP) is 22.7. The largest absolute Gasteiger partial charge is 0.472 e. The molecular weight excluding hydrogens is 1330 g/mol. The lowest BCUT2D eigenvalue weighted by Crippen LogP contribution is -2.30. The Bertz CT molecular complexity index is 2510. The predicted molar refractivity (Wildman–Crippen MR) is 417 cm³/mol. The second kappa shape index (κ2) is 74.2. The number of aliphatic hydroxyl groups is 1. The molecule has 0 heterocycles. The van der Waals surface area contributed by atoms with Crippen LogP contribution < -0.4 is 0 Å². The van der Waals surface area contributed by atoms with Crippen LogP contribution in [0.3, 0.4) is 0 Å². The summed E-state index contributed by atoms with van der Waals surface area (Å²) in [6.07, 6.45) is 84.1. The Labute approximate surface area is 617 Å². The fourth-order valence-corrected chi connectivity index (χ4v) is 11.4. The van der Waals surface area contributed by atoms with Gasteiger partial charge in [0, 0.05) is 25.7 Å². The van der Waals surface area contributed by atoms with E-state index in [0.717, 1.165) is 199 Å². The molecule has 0 amide bonds. The Morgan fingerprint density at radius 3 is 0.843 bits per heavy atom. The number of aliphatic hydroxyl groups excluding tert-OH is 1. The van der Waals surface area contributed by atoms with Crippen LogP contribution in [0.5, 0.6) is 0 Å². The first-order valence-corrected chi connectivity index (χ1v) is 42.1. The van der Waals surface area contributed by atoms with Crippen molar-refractivity contribution in [3.05, 3.63) is 146 Å². The number of esters is 4. The zero-order chi connectivity index (χ0) is 74.6. The third-order valence-corrected chi connectivity index (χ3v) is 17.7. The summed E-state index contributed by atoms with van der Waals surface area (Å²) in [5.41, 5.74) is 0. The Morgan fingerprint density at radius 1 is 0.284 bits per heavy atom. The zero-order valence-electron chi connectivity index (χ0n) is 63.5. The number of hydrogen-bond donors (Lipinski definition) is 3. The van der Waals surface area contributed by atoms with Crippen molar-refractivity contribution in [1.82, 2.24) is 0 Å². The second-order valence-corrected chi connectivity index (χ2v) is 28.4. The van der Waals surface area contributed by atoms with Gasteiger partial charge in [0.05, 0.1) is 26.4 Å². The first-order valence-electron chi connectivity index (χ1n) is 39.1. The molecular formula is C83H138O17P2. The monoisotopic (exact) mass is 1470 g/mol. The maximum atomic E-state index is 13.1. The van der Waals surface area contributed by atoms with Gasteiger partial charge in [0.15, 0.2) is 12.2 Å². The van der Waals surface area contributed by atoms with Gasteiger partial charge in [-0.25, -0.2) is 9.13 Å². The molecule has 0 aromatic heterocycles. The fourth-order valence-electron chi connectivity index (χ4n) is 9.86. The van der Waals surface area contributed by atoms with Crippen LogP contribution in [0.25, 0.3) is 0 Å². The average molecular weight is 1470 g/mol. The van der Waals surface area contributed by atoms with Gasteiger partial charge in [-0.3, -0.25) is 37.3 Å². The molecule has 582 valence electrons. The Kier molecular flexibility index (Phi) is 70.5. The number of phosphoric acid groups is 2. The third-order valence-electron chi connectivity index (χ3n) is 15.7. The van der Waals surface area contributed by atoms with Gasteiger partial charge in [0.1, 0.15) is 19.3 Å². The van der Waals surface area contributed by atoms with Gasteiger partial charge in [-0.1, -0.05) is 257 Å². The summed E-state index contributed by atoms with van der Waals surface area (Å²) in [4.78, 5) is 72.9. The van der Waals surface area contributed by atoms with Crippen molar-refractivity contribution in [3.8, 4) is 0 Å². The van der Waals surface area contributed by atoms with Crippen LogP contribution in [0, 0.1) is 0 Å². The molecule has 17 nitrogen and oxygen atoms in total. The molecule has 0 rings (SSSR count). The second-order valence-electron chi connectivity index (χ2n) is 25.5. The van der Waals surface area contributed by atoms with E-state index in [-0.39, 0.29) is 25.7 Å². The third kappa shape index (κ3) is 73.3. The lowest BCUT2D eigenvalue weighted by atomic mass is 10.1. The summed E-state index contributed by atoms with van der Waals surface area (Å²) in [5.74, 6) is -2.28. The summed E-state index contributed by atoms with van der Waals surface area (Å²) in [5, 5.41) is 10.6. The molecule has 5 unspecified atom stereocenters. The van der Waals surface area contributed by atoms with Gasteiger partial charge >= 0.3 is 39.5 Å². The smallest absolute Gasteiger partial charge is 0.462 e. The molecule has 0 aliphatic carbocycles. The maximum absolute atomic E-state index is 13.1. The molecule has 0 bridgehead atoms. The van der Waals surface area contributed by atoms with Crippen molar-refractivity contribution in [3.63, 3.8) is 0 Å². The Morgan fingerprint density at radius 2 is 0.529 bits per heavy atom. The van der Waals surface area contributed by atoms with Gasteiger partial charge in [0.2, 0.25) is 0 Å². The lowest BCUT2D eigenvalue weighted by Gasteiger charge is -2.21. The van der Waals surface area contributed by atoms with Gasteiger partial charge in [0.25, 0.3) is 0 Å². The van der Waals surface area contributed by atoms with E-state index in [0.29, 0.717) is 25.7 Å². The molecule has 0 fully saturated rings. The van der Waals surface area contributed by atoms with E-state index in [4.69, 9.17) is 37.0 Å². The van der Waals surface area contributed by atoms with E-state index in [9.17, 15) is 43.2 Å². The van der Waals surface area contributed by atoms with Crippen molar-refractivity contribution in [2.45, 2.75) is 316 Å². The van der Waals surface area contributed by atoms with Crippen LogP contribution in [0.4, 0.5) is 0 Å². The van der Waals surface area contributed by atoms with E-state index in [1.54, 1.807) is 0 Å². The molecule has 0 aromatic carbocycles. The van der Waals surface area contributed by atoms with Crippen molar-refractivity contribution in [1.29, 1.82) is 0 Å². The van der Waals surface area contributed by atoms with Gasteiger partial charge in [-0.2, -0.15) is 0 Å². The van der Waals surface area contributed by atoms with E-state index in [1.165, 1.54) is 19.3 Å². The normalized spacial score (nSPS) is 14.7. The number of allylic oxidation sites excluding steroid dienone is 24. The van der Waals surface area contributed by atoms with Crippen molar-refractivity contribution in [2.24, 2.45) is 0 Å². The molecule has 0 aliphatic heterocycles. The molecule has 3 N–H and O–H groups in total. The standard InChI is InChI=1S/C83H138O17P2/c1-5-9-13-17-21-25-29-33-36-37-38-39-42-45-48-52-56-60-64-68-81(86)94-73-78(99-82(87)69-65-61-57-53-49-43-32-28-24-20-16-12-8-4)75-97-101(89,90)95-71-77(84)72-96-102(91,92)98-76-79(100-83(88)70-66-62-58-54-50-46-41-35-31-27-23-19-15-11-7-3)74-93-80(85)67-63-59-55-51-47-44-40-34-30-26-22-18-14-10-6-2/h10-11,14-16,20-23,25-28,32-36,38-41,47,51,77-79,84H,5-9,12-13,17-19,24,29-31,37,42-46,48-50,52-76H2,1-4H3,(H,89,90)(H,91,92)/b14-10-,15-11-,20-16-,25-21-,26-22-,27-23-,32-28-,36-33-,39-38-,40-34-,41-35-,51-47-. The first-order chi connectivity index (χ1) is 49.7. The first kappa shape index (κ1) is 96.9. The summed E-state index contributed by atoms with van der Waals surface area (Å²) < 4.78 is 68.5. The maximum Gasteiger partial charge on any atom is 0.472 e. The number of phosphoric ester groups is 2. The van der Waals surface area contributed by atoms with E-state index in [2.05, 4.69) is 174 Å². The van der Waals surface area contributed by atoms with Gasteiger partial charge < -0.3 is 33.8 Å². The van der Waals surface area contributed by atoms with Crippen LogP contribution in [-0.4, -0.2) is 96.7 Å². The molecule has 0 spiro atoms. The van der Waals surface area contributed by atoms with Crippen molar-refractivity contribution in [2.75, 3.05) is 39.6 Å². The Hall–Kier alpha value is -5.06. The number of ether oxygens (including phenoxy) is 4. The van der Waals surface area contributed by atoms with Gasteiger partial charge in [-0.05, 0) is 161 Å². The average Bonchev–Trinajstić information content (AvgIpc) is 0.919. The van der Waals surface area contributed by atoms with E-state index >= 15 is 0 Å². The van der Waals surface area contributed by atoms with Crippen LogP contribution in [0.15, 0.2) is 146 Å². The molecule has 102 heavy (non-hydrogen) atoms. The van der Waals surface area contributed by atoms with Crippen molar-refractivity contribution >= 4 is 39.5 Å². The quantitative estimate of drug-likeness (QED) is 0.0169. The van der Waals surface area contributed by atoms with Crippen LogP contribution in [-0.2, 0) is 65.4 Å². The summed E-state index contributed by atoms with van der Waals surface area (Å²) >= 11 is 0. The highest BCUT2D eigenvalue weighted by Crippen LogP contribution is 2.45. The fraction of sp³-hybridized carbons (Fsp3) is 0.663. The van der Waals surface area contributed by atoms with E-state index in [1.807, 2.05) is 0 Å². The number of unbranched alkanes of at least 4 members (excludes halogenated alkanes) is 22. The molecule has 0 aliphatic rings. The summed E-state index contributed by atoms with van der Waals surface area (Å²) in [6, 6.07) is 0. The Balaban J connectivity index is 5.41. The summed E-state index contributed by atoms with van der Waals surface area (Å²) in [6.45, 7) is 4.45. The lowest BCUT2D eigenvalue weighted by molar-refractivity contribution is -0.161. The minimum atomic E-state index is -5.00. The SMILES string of the molecule is CC/C=C\C/C=C\C/C=C\C/C=C\CCCCC(=O)OCC(COP(=O)(O)OCC(O)COP(=O)(O)OCC(COC(=O)CCCCCCCC/C=C\C/C=C\C/C=C\CCCCC)OC(=O)CCCCCCC/C=C\C/C=C\CCC)OC(=O)CCCCCCC/C=C\C/C=C\C/C=C\CC. The molecule has 0 aromatic rings. The minimum Gasteiger partial charge on any atom is -0.462 e. The van der Waals surface area contributed by atoms with Crippen molar-refractivity contribution < 1.29 is 80.2 Å². The molecule has 19 heteroatoms. The molecule has 0 saturated carbocycles. The number of carbonyl (C=O) groups is 4.